The van der Waals surface area contributed by atoms with E-state index in [0.29, 0.717) is 11.5 Å². The minimum Gasteiger partial charge on any atom is -0.497 e. The Kier molecular flexibility index (Phi) is 5.38. The van der Waals surface area contributed by atoms with Crippen LogP contribution in [0.25, 0.3) is 0 Å². The molecule has 0 unspecified atom stereocenters. The lowest BCUT2D eigenvalue weighted by atomic mass is 9.95. The second-order valence-electron chi connectivity index (χ2n) is 4.96. The van der Waals surface area contributed by atoms with Crippen LogP contribution in [-0.4, -0.2) is 64.3 Å². The molecular formula is C15H20O7. The fourth-order valence-electron chi connectivity index (χ4n) is 2.18. The van der Waals surface area contributed by atoms with Crippen molar-refractivity contribution < 1.29 is 34.6 Å². The number of hydrogen-bond acceptors (Lipinski definition) is 7. The molecule has 1 fully saturated rings. The van der Waals surface area contributed by atoms with Gasteiger partial charge in [-0.15, -0.1) is 6.58 Å². The first-order valence-corrected chi connectivity index (χ1v) is 6.79. The Balaban J connectivity index is 2.12. The Morgan fingerprint density at radius 1 is 1.09 bits per heavy atom. The monoisotopic (exact) mass is 312 g/mol. The highest BCUT2D eigenvalue weighted by Crippen LogP contribution is 2.27. The Bertz CT molecular complexity index is 489. The zero-order valence-electron chi connectivity index (χ0n) is 12.1. The third-order valence-corrected chi connectivity index (χ3v) is 3.50. The third kappa shape index (κ3) is 3.40. The highest BCUT2D eigenvalue weighted by atomic mass is 16.7. The summed E-state index contributed by atoms with van der Waals surface area (Å²) in [4.78, 5) is 0. The lowest BCUT2D eigenvalue weighted by Crippen LogP contribution is -2.61. The first kappa shape index (κ1) is 16.7. The summed E-state index contributed by atoms with van der Waals surface area (Å²) >= 11 is 0. The van der Waals surface area contributed by atoms with Crippen LogP contribution in [-0.2, 0) is 4.74 Å². The van der Waals surface area contributed by atoms with Crippen LogP contribution in [0, 0.1) is 0 Å². The second-order valence-corrected chi connectivity index (χ2v) is 4.96. The summed E-state index contributed by atoms with van der Waals surface area (Å²) < 4.78 is 15.8. The van der Waals surface area contributed by atoms with Crippen LogP contribution in [0.15, 0.2) is 36.9 Å². The van der Waals surface area contributed by atoms with Crippen molar-refractivity contribution in [1.82, 2.24) is 0 Å². The van der Waals surface area contributed by atoms with E-state index < -0.39 is 36.8 Å². The molecule has 1 aromatic carbocycles. The zero-order valence-corrected chi connectivity index (χ0v) is 12.1. The average Bonchev–Trinajstić information content (AvgIpc) is 2.55. The van der Waals surface area contributed by atoms with E-state index in [9.17, 15) is 20.4 Å². The zero-order chi connectivity index (χ0) is 16.3. The molecule has 7 heteroatoms. The molecule has 0 aliphatic carbocycles. The van der Waals surface area contributed by atoms with E-state index in [-0.39, 0.29) is 0 Å². The van der Waals surface area contributed by atoms with Gasteiger partial charge in [-0.2, -0.15) is 0 Å². The van der Waals surface area contributed by atoms with Crippen molar-refractivity contribution in [2.45, 2.75) is 36.8 Å². The SMILES string of the molecule is C=C[C@H](O)[C@H]1O[C@H](Oc2ccc(OC)cc2)[C@@H](O)[C@@H](O)[C@@H]1O. The maximum atomic E-state index is 9.95. The van der Waals surface area contributed by atoms with Gasteiger partial charge in [0.2, 0.25) is 6.29 Å². The van der Waals surface area contributed by atoms with Crippen molar-refractivity contribution in [3.05, 3.63) is 36.9 Å². The van der Waals surface area contributed by atoms with Gasteiger partial charge in [-0.25, -0.2) is 0 Å². The smallest absolute Gasteiger partial charge is 0.229 e. The third-order valence-electron chi connectivity index (χ3n) is 3.50. The lowest BCUT2D eigenvalue weighted by Gasteiger charge is -2.41. The molecule has 0 bridgehead atoms. The minimum absolute atomic E-state index is 0.375. The van der Waals surface area contributed by atoms with Crippen LogP contribution < -0.4 is 9.47 Å². The summed E-state index contributed by atoms with van der Waals surface area (Å²) in [5, 5.41) is 39.4. The van der Waals surface area contributed by atoms with Gasteiger partial charge in [0.25, 0.3) is 0 Å². The van der Waals surface area contributed by atoms with Gasteiger partial charge < -0.3 is 34.6 Å². The van der Waals surface area contributed by atoms with E-state index in [4.69, 9.17) is 14.2 Å². The van der Waals surface area contributed by atoms with Crippen molar-refractivity contribution in [1.29, 1.82) is 0 Å². The van der Waals surface area contributed by atoms with Gasteiger partial charge in [-0.3, -0.25) is 0 Å². The van der Waals surface area contributed by atoms with Crippen LogP contribution in [0.5, 0.6) is 11.5 Å². The van der Waals surface area contributed by atoms with E-state index >= 15 is 0 Å². The molecule has 4 N–H and O–H groups in total. The summed E-state index contributed by atoms with van der Waals surface area (Å²) in [5.41, 5.74) is 0. The van der Waals surface area contributed by atoms with Gasteiger partial charge in [0, 0.05) is 0 Å². The molecule has 0 aromatic heterocycles. The summed E-state index contributed by atoms with van der Waals surface area (Å²) in [7, 11) is 1.53. The molecule has 0 spiro atoms. The quantitative estimate of drug-likeness (QED) is 0.539. The van der Waals surface area contributed by atoms with E-state index in [0.717, 1.165) is 0 Å². The first-order chi connectivity index (χ1) is 10.5. The average molecular weight is 312 g/mol. The number of hydrogen-bond donors (Lipinski definition) is 4. The number of rotatable bonds is 5. The first-order valence-electron chi connectivity index (χ1n) is 6.79. The van der Waals surface area contributed by atoms with Gasteiger partial charge in [0.05, 0.1) is 7.11 Å². The van der Waals surface area contributed by atoms with Crippen LogP contribution in [0.2, 0.25) is 0 Å². The number of benzene rings is 1. The standard InChI is InChI=1S/C15H20O7/c1-3-10(16)14-12(18)11(17)13(19)15(22-14)21-9-6-4-8(20-2)5-7-9/h3-7,10-19H,1H2,2H3/t10-,11-,12-,13-,14+,15-/m0/s1. The number of ether oxygens (including phenoxy) is 3. The summed E-state index contributed by atoms with van der Waals surface area (Å²) in [6.07, 6.45) is -6.88. The Morgan fingerprint density at radius 2 is 1.68 bits per heavy atom. The molecule has 1 saturated heterocycles. The molecule has 0 saturated carbocycles. The Labute approximate surface area is 128 Å². The van der Waals surface area contributed by atoms with Crippen molar-refractivity contribution in [2.24, 2.45) is 0 Å². The maximum Gasteiger partial charge on any atom is 0.229 e. The molecule has 2 rings (SSSR count). The van der Waals surface area contributed by atoms with Crippen molar-refractivity contribution in [2.75, 3.05) is 7.11 Å². The predicted octanol–water partition coefficient (Wildman–Crippen LogP) is -0.572. The topological polar surface area (TPSA) is 109 Å². The predicted molar refractivity (Wildman–Crippen MR) is 76.5 cm³/mol. The van der Waals surface area contributed by atoms with Crippen molar-refractivity contribution in [3.8, 4) is 11.5 Å². The minimum atomic E-state index is -1.52. The number of aliphatic hydroxyl groups excluding tert-OH is 4. The second kappa shape index (κ2) is 7.08. The fourth-order valence-corrected chi connectivity index (χ4v) is 2.18. The number of aliphatic hydroxyl groups is 4. The van der Waals surface area contributed by atoms with Gasteiger partial charge in [0.15, 0.2) is 0 Å². The molecule has 122 valence electrons. The maximum absolute atomic E-state index is 9.95. The van der Waals surface area contributed by atoms with E-state index in [2.05, 4.69) is 6.58 Å². The molecule has 0 radical (unpaired) electrons. The molecule has 1 aliphatic heterocycles. The van der Waals surface area contributed by atoms with E-state index in [1.807, 2.05) is 0 Å². The van der Waals surface area contributed by atoms with Crippen LogP contribution >= 0.6 is 0 Å². The Hall–Kier alpha value is -1.64. The van der Waals surface area contributed by atoms with Crippen LogP contribution in [0.1, 0.15) is 0 Å². The molecule has 1 heterocycles. The van der Waals surface area contributed by atoms with E-state index in [1.54, 1.807) is 24.3 Å². The highest BCUT2D eigenvalue weighted by molar-refractivity contribution is 5.31. The van der Waals surface area contributed by atoms with Gasteiger partial charge >= 0.3 is 0 Å². The van der Waals surface area contributed by atoms with Gasteiger partial charge in [-0.05, 0) is 24.3 Å². The summed E-state index contributed by atoms with van der Waals surface area (Å²) in [6, 6.07) is 6.52. The molecule has 0 amide bonds. The fraction of sp³-hybridized carbons (Fsp3) is 0.467. The molecule has 1 aromatic rings. The van der Waals surface area contributed by atoms with Crippen LogP contribution in [0.4, 0.5) is 0 Å². The normalized spacial score (nSPS) is 33.0. The molecule has 7 nitrogen and oxygen atoms in total. The molecular weight excluding hydrogens is 292 g/mol. The summed E-state index contributed by atoms with van der Waals surface area (Å²) in [6.45, 7) is 3.40. The molecule has 22 heavy (non-hydrogen) atoms. The highest BCUT2D eigenvalue weighted by Gasteiger charge is 2.46. The van der Waals surface area contributed by atoms with Gasteiger partial charge in [-0.1, -0.05) is 6.08 Å². The van der Waals surface area contributed by atoms with Crippen molar-refractivity contribution in [3.63, 3.8) is 0 Å². The lowest BCUT2D eigenvalue weighted by molar-refractivity contribution is -0.284. The number of methoxy groups -OCH3 is 1. The van der Waals surface area contributed by atoms with Gasteiger partial charge in [0.1, 0.15) is 42.0 Å². The molecule has 6 atom stereocenters. The largest absolute Gasteiger partial charge is 0.497 e. The molecule has 1 aliphatic rings. The van der Waals surface area contributed by atoms with Crippen molar-refractivity contribution >= 4 is 0 Å². The van der Waals surface area contributed by atoms with Crippen LogP contribution in [0.3, 0.4) is 0 Å². The Morgan fingerprint density at radius 3 is 2.23 bits per heavy atom. The van der Waals surface area contributed by atoms with E-state index in [1.165, 1.54) is 13.2 Å². The summed E-state index contributed by atoms with van der Waals surface area (Å²) in [5.74, 6) is 1.01.